The number of thiocarbonyl (C=S) groups is 1. The largest absolute Gasteiger partial charge is 0.331 e. The summed E-state index contributed by atoms with van der Waals surface area (Å²) in [5.41, 5.74) is 4.98. The first kappa shape index (κ1) is 13.8. The summed E-state index contributed by atoms with van der Waals surface area (Å²) in [7, 11) is 1.99. The van der Waals surface area contributed by atoms with Gasteiger partial charge in [0.1, 0.15) is 0 Å². The maximum atomic E-state index is 5.24. The molecule has 0 saturated carbocycles. The van der Waals surface area contributed by atoms with E-state index in [4.69, 9.17) is 12.2 Å². The zero-order chi connectivity index (χ0) is 14.7. The molecule has 106 valence electrons. The molecule has 4 nitrogen and oxygen atoms in total. The van der Waals surface area contributed by atoms with Crippen LogP contribution in [-0.2, 0) is 7.05 Å². The van der Waals surface area contributed by atoms with Gasteiger partial charge in [0.15, 0.2) is 5.11 Å². The van der Waals surface area contributed by atoms with Crippen LogP contribution in [0.3, 0.4) is 0 Å². The van der Waals surface area contributed by atoms with Crippen molar-refractivity contribution in [3.8, 4) is 0 Å². The van der Waals surface area contributed by atoms with Crippen molar-refractivity contribution in [2.24, 2.45) is 12.1 Å². The molecular formula is C15H14N4S2. The Labute approximate surface area is 131 Å². The number of hydrogen-bond acceptors (Lipinski definition) is 3. The van der Waals surface area contributed by atoms with Crippen molar-refractivity contribution in [2.75, 3.05) is 5.32 Å². The molecule has 0 aliphatic carbocycles. The molecule has 3 aromatic rings. The lowest BCUT2D eigenvalue weighted by Crippen LogP contribution is -2.27. The van der Waals surface area contributed by atoms with E-state index in [0.29, 0.717) is 5.11 Å². The molecule has 0 fully saturated rings. The highest BCUT2D eigenvalue weighted by Crippen LogP contribution is 2.14. The second-order valence-corrected chi connectivity index (χ2v) is 5.87. The molecule has 0 spiro atoms. The van der Waals surface area contributed by atoms with Gasteiger partial charge in [-0.3, -0.25) is 5.43 Å². The van der Waals surface area contributed by atoms with Crippen LogP contribution < -0.4 is 15.5 Å². The molecule has 0 bridgehead atoms. The molecule has 0 aliphatic heterocycles. The zero-order valence-corrected chi connectivity index (χ0v) is 13.0. The minimum absolute atomic E-state index is 0.471. The molecule has 0 saturated heterocycles. The van der Waals surface area contributed by atoms with E-state index >= 15 is 0 Å². The van der Waals surface area contributed by atoms with E-state index in [-0.39, 0.29) is 0 Å². The minimum Gasteiger partial charge on any atom is -0.331 e. The van der Waals surface area contributed by atoms with Crippen LogP contribution in [0.1, 0.15) is 0 Å². The van der Waals surface area contributed by atoms with Gasteiger partial charge in [-0.15, -0.1) is 5.10 Å². The van der Waals surface area contributed by atoms with Crippen LogP contribution >= 0.6 is 23.6 Å². The van der Waals surface area contributed by atoms with Gasteiger partial charge in [0.2, 0.25) is 4.80 Å². The molecule has 0 atom stereocenters. The maximum absolute atomic E-state index is 5.24. The maximum Gasteiger partial charge on any atom is 0.209 e. The molecule has 2 N–H and O–H groups in total. The first-order valence-electron chi connectivity index (χ1n) is 6.44. The molecule has 6 heteroatoms. The van der Waals surface area contributed by atoms with Crippen LogP contribution in [0.5, 0.6) is 0 Å². The first-order chi connectivity index (χ1) is 10.2. The van der Waals surface area contributed by atoms with Gasteiger partial charge in [-0.1, -0.05) is 41.7 Å². The van der Waals surface area contributed by atoms with Gasteiger partial charge in [0.25, 0.3) is 0 Å². The second kappa shape index (κ2) is 6.07. The number of nitrogens with one attached hydrogen (secondary N) is 2. The number of aryl methyl sites for hydroxylation is 1. The third kappa shape index (κ3) is 3.12. The third-order valence-electron chi connectivity index (χ3n) is 3.00. The predicted molar refractivity (Wildman–Crippen MR) is 92.2 cm³/mol. The van der Waals surface area contributed by atoms with Crippen molar-refractivity contribution in [3.63, 3.8) is 0 Å². The fourth-order valence-corrected chi connectivity index (χ4v) is 3.11. The topological polar surface area (TPSA) is 41.4 Å². The number of para-hydroxylation sites is 2. The smallest absolute Gasteiger partial charge is 0.209 e. The summed E-state index contributed by atoms with van der Waals surface area (Å²) in [6, 6.07) is 18.0. The molecule has 0 unspecified atom stereocenters. The highest BCUT2D eigenvalue weighted by Gasteiger charge is 2.01. The van der Waals surface area contributed by atoms with Gasteiger partial charge >= 0.3 is 0 Å². The number of hydrogen-bond donors (Lipinski definition) is 2. The minimum atomic E-state index is 0.471. The number of benzene rings is 2. The number of fused-ring (bicyclic) bond motifs is 1. The van der Waals surface area contributed by atoms with E-state index in [9.17, 15) is 0 Å². The molecule has 2 aromatic carbocycles. The average Bonchev–Trinajstić information content (AvgIpc) is 2.83. The van der Waals surface area contributed by atoms with Crippen LogP contribution in [0, 0.1) is 0 Å². The van der Waals surface area contributed by atoms with Gasteiger partial charge in [0, 0.05) is 12.7 Å². The van der Waals surface area contributed by atoms with E-state index in [1.807, 2.05) is 54.1 Å². The number of anilines is 1. The SMILES string of the molecule is Cn1/c(=N/NC(=S)Nc2ccccc2)sc2ccccc21. The molecular weight excluding hydrogens is 300 g/mol. The summed E-state index contributed by atoms with van der Waals surface area (Å²) in [6.07, 6.45) is 0. The van der Waals surface area contributed by atoms with Crippen LogP contribution in [-0.4, -0.2) is 9.68 Å². The average molecular weight is 314 g/mol. The van der Waals surface area contributed by atoms with Gasteiger partial charge in [-0.05, 0) is 36.5 Å². The van der Waals surface area contributed by atoms with E-state index < -0.39 is 0 Å². The summed E-state index contributed by atoms with van der Waals surface area (Å²) in [5, 5.41) is 7.93. The fourth-order valence-electron chi connectivity index (χ4n) is 1.97. The fraction of sp³-hybridized carbons (Fsp3) is 0.0667. The van der Waals surface area contributed by atoms with E-state index in [0.717, 1.165) is 16.0 Å². The third-order valence-corrected chi connectivity index (χ3v) is 4.31. The van der Waals surface area contributed by atoms with E-state index in [1.54, 1.807) is 11.3 Å². The van der Waals surface area contributed by atoms with E-state index in [1.165, 1.54) is 4.70 Å². The molecule has 21 heavy (non-hydrogen) atoms. The monoisotopic (exact) mass is 314 g/mol. The molecule has 3 rings (SSSR count). The number of nitrogens with zero attached hydrogens (tertiary/aromatic N) is 2. The van der Waals surface area contributed by atoms with E-state index in [2.05, 4.69) is 28.0 Å². The predicted octanol–water partition coefficient (Wildman–Crippen LogP) is 3.04. The molecule has 0 aliphatic rings. The molecule has 0 amide bonds. The zero-order valence-electron chi connectivity index (χ0n) is 11.4. The lowest BCUT2D eigenvalue weighted by atomic mass is 10.3. The van der Waals surface area contributed by atoms with Crippen molar-refractivity contribution in [3.05, 3.63) is 59.4 Å². The first-order valence-corrected chi connectivity index (χ1v) is 7.67. The second-order valence-electron chi connectivity index (χ2n) is 4.46. The normalized spacial score (nSPS) is 11.6. The van der Waals surface area contributed by atoms with Gasteiger partial charge in [0.05, 0.1) is 10.2 Å². The van der Waals surface area contributed by atoms with Crippen molar-refractivity contribution in [1.82, 2.24) is 9.99 Å². The number of aromatic nitrogens is 1. The van der Waals surface area contributed by atoms with Gasteiger partial charge < -0.3 is 9.88 Å². The van der Waals surface area contributed by atoms with Crippen molar-refractivity contribution >= 4 is 44.6 Å². The van der Waals surface area contributed by atoms with Crippen molar-refractivity contribution in [1.29, 1.82) is 0 Å². The van der Waals surface area contributed by atoms with Crippen LogP contribution in [0.2, 0.25) is 0 Å². The highest BCUT2D eigenvalue weighted by atomic mass is 32.1. The summed E-state index contributed by atoms with van der Waals surface area (Å²) in [5.74, 6) is 0. The summed E-state index contributed by atoms with van der Waals surface area (Å²) >= 11 is 6.86. The van der Waals surface area contributed by atoms with Crippen LogP contribution in [0.4, 0.5) is 5.69 Å². The number of rotatable bonds is 2. The Kier molecular flexibility index (Phi) is 3.98. The Morgan fingerprint density at radius 3 is 2.57 bits per heavy atom. The van der Waals surface area contributed by atoms with Crippen molar-refractivity contribution < 1.29 is 0 Å². The lowest BCUT2D eigenvalue weighted by Gasteiger charge is -2.05. The van der Waals surface area contributed by atoms with Crippen LogP contribution in [0.25, 0.3) is 10.2 Å². The van der Waals surface area contributed by atoms with Gasteiger partial charge in [-0.25, -0.2) is 0 Å². The van der Waals surface area contributed by atoms with Gasteiger partial charge in [-0.2, -0.15) is 0 Å². The summed E-state index contributed by atoms with van der Waals surface area (Å²) < 4.78 is 3.24. The Balaban J connectivity index is 1.78. The highest BCUT2D eigenvalue weighted by molar-refractivity contribution is 7.80. The Morgan fingerprint density at radius 2 is 1.81 bits per heavy atom. The number of thiazole rings is 1. The Hall–Kier alpha value is -2.18. The summed E-state index contributed by atoms with van der Waals surface area (Å²) in [4.78, 5) is 0.869. The lowest BCUT2D eigenvalue weighted by molar-refractivity contribution is 0.853. The molecule has 1 heterocycles. The Bertz CT molecular complexity index is 834. The van der Waals surface area contributed by atoms with Crippen molar-refractivity contribution in [2.45, 2.75) is 0 Å². The molecule has 1 aromatic heterocycles. The quantitative estimate of drug-likeness (QED) is 0.564. The standard InChI is InChI=1S/C15H14N4S2/c1-19-12-9-5-6-10-13(12)21-15(19)18-17-14(20)16-11-7-3-2-4-8-11/h2-10H,1H3,(H2,16,17,20)/b18-15-. The molecule has 0 radical (unpaired) electrons. The summed E-state index contributed by atoms with van der Waals surface area (Å²) in [6.45, 7) is 0. The Morgan fingerprint density at radius 1 is 1.10 bits per heavy atom. The van der Waals surface area contributed by atoms with Crippen LogP contribution in [0.15, 0.2) is 59.7 Å².